The molecule has 5 heteroatoms. The Morgan fingerprint density at radius 1 is 1.00 bits per heavy atom. The number of nitrogens with one attached hydrogen (secondary N) is 1. The number of carbonyl (C=O) groups is 1. The summed E-state index contributed by atoms with van der Waals surface area (Å²) < 4.78 is 5.55. The van der Waals surface area contributed by atoms with Crippen LogP contribution in [-0.2, 0) is 4.74 Å². The van der Waals surface area contributed by atoms with Gasteiger partial charge in [-0.25, -0.2) is 4.79 Å². The molecule has 0 spiro atoms. The van der Waals surface area contributed by atoms with Crippen molar-refractivity contribution in [3.05, 3.63) is 107 Å². The summed E-state index contributed by atoms with van der Waals surface area (Å²) in [5.41, 5.74) is 6.65. The molecule has 0 atom stereocenters. The summed E-state index contributed by atoms with van der Waals surface area (Å²) in [7, 11) is 0. The molecule has 0 bridgehead atoms. The zero-order chi connectivity index (χ0) is 21.9. The van der Waals surface area contributed by atoms with Gasteiger partial charge in [0.2, 0.25) is 0 Å². The lowest BCUT2D eigenvalue weighted by Crippen LogP contribution is -2.26. The van der Waals surface area contributed by atoms with E-state index in [1.807, 2.05) is 54.6 Å². The molecule has 3 aromatic carbocycles. The van der Waals surface area contributed by atoms with Gasteiger partial charge in [0, 0.05) is 24.0 Å². The van der Waals surface area contributed by atoms with Gasteiger partial charge in [-0.3, -0.25) is 4.98 Å². The van der Waals surface area contributed by atoms with E-state index in [1.54, 1.807) is 12.3 Å². The molecular weight excluding hydrogens is 420 g/mol. The molecule has 0 radical (unpaired) electrons. The van der Waals surface area contributed by atoms with E-state index in [-0.39, 0.29) is 5.92 Å². The maximum atomic E-state index is 12.3. The minimum absolute atomic E-state index is 0.0561. The van der Waals surface area contributed by atoms with Crippen molar-refractivity contribution < 1.29 is 9.53 Å². The fourth-order valence-corrected chi connectivity index (χ4v) is 4.44. The van der Waals surface area contributed by atoms with E-state index < -0.39 is 6.09 Å². The van der Waals surface area contributed by atoms with Crippen molar-refractivity contribution in [2.24, 2.45) is 0 Å². The molecule has 4 nitrogen and oxygen atoms in total. The minimum atomic E-state index is -0.427. The second-order valence-electron chi connectivity index (χ2n) is 7.68. The van der Waals surface area contributed by atoms with Gasteiger partial charge in [0.1, 0.15) is 6.61 Å². The highest BCUT2D eigenvalue weighted by atomic mass is 35.5. The van der Waals surface area contributed by atoms with Crippen molar-refractivity contribution in [2.45, 2.75) is 5.92 Å². The molecule has 158 valence electrons. The van der Waals surface area contributed by atoms with Crippen LogP contribution in [0.1, 0.15) is 22.6 Å². The van der Waals surface area contributed by atoms with Gasteiger partial charge in [0.05, 0.1) is 10.5 Å². The van der Waals surface area contributed by atoms with E-state index in [0.29, 0.717) is 18.2 Å². The maximum Gasteiger partial charge on any atom is 0.407 e. The van der Waals surface area contributed by atoms with E-state index in [0.717, 1.165) is 16.5 Å². The normalized spacial score (nSPS) is 12.7. The molecule has 0 fully saturated rings. The Kier molecular flexibility index (Phi) is 5.61. The molecular formula is C27H21ClN2O2. The second-order valence-corrected chi connectivity index (χ2v) is 8.09. The summed E-state index contributed by atoms with van der Waals surface area (Å²) >= 11 is 6.18. The molecule has 1 aliphatic carbocycles. The zero-order valence-electron chi connectivity index (χ0n) is 17.3. The number of hydrogen-bond acceptors (Lipinski definition) is 3. The number of hydrogen-bond donors (Lipinski definition) is 1. The molecule has 0 unspecified atom stereocenters. The van der Waals surface area contributed by atoms with E-state index >= 15 is 0 Å². The Balaban J connectivity index is 1.18. The standard InChI is InChI=1S/C27H21ClN2O2/c28-25-13-15-29-26-16-18(11-12-23(25)26)6-5-14-30-27(31)32-17-24-21-9-3-1-7-19(21)20-8-2-4-10-22(20)24/h1-13,15-16,24H,14,17H2,(H,30,31). The second kappa shape index (κ2) is 8.85. The molecule has 1 heterocycles. The Morgan fingerprint density at radius 3 is 2.47 bits per heavy atom. The number of aromatic nitrogens is 1. The summed E-state index contributed by atoms with van der Waals surface area (Å²) in [4.78, 5) is 16.6. The number of halogens is 1. The molecule has 4 aromatic rings. The molecule has 0 saturated heterocycles. The molecule has 1 N–H and O–H groups in total. The third kappa shape index (κ3) is 3.97. The molecule has 0 saturated carbocycles. The Morgan fingerprint density at radius 2 is 1.72 bits per heavy atom. The highest BCUT2D eigenvalue weighted by Gasteiger charge is 2.28. The first-order valence-corrected chi connectivity index (χ1v) is 10.9. The van der Waals surface area contributed by atoms with Crippen LogP contribution < -0.4 is 5.32 Å². The summed E-state index contributed by atoms with van der Waals surface area (Å²) in [6, 6.07) is 24.2. The lowest BCUT2D eigenvalue weighted by atomic mass is 9.98. The number of ether oxygens (including phenoxy) is 1. The van der Waals surface area contributed by atoms with Crippen LogP contribution >= 0.6 is 11.6 Å². The Labute approximate surface area is 191 Å². The first-order valence-electron chi connectivity index (χ1n) is 10.5. The lowest BCUT2D eigenvalue weighted by molar-refractivity contribution is 0.144. The molecule has 1 amide bonds. The smallest absolute Gasteiger partial charge is 0.407 e. The molecule has 0 aliphatic heterocycles. The molecule has 32 heavy (non-hydrogen) atoms. The van der Waals surface area contributed by atoms with Crippen molar-refractivity contribution in [1.29, 1.82) is 0 Å². The molecule has 1 aromatic heterocycles. The number of amides is 1. The predicted molar refractivity (Wildman–Crippen MR) is 129 cm³/mol. The van der Waals surface area contributed by atoms with Crippen LogP contribution in [0.5, 0.6) is 0 Å². The quantitative estimate of drug-likeness (QED) is 0.388. The van der Waals surface area contributed by atoms with Crippen molar-refractivity contribution in [2.75, 3.05) is 13.2 Å². The number of carbonyl (C=O) groups excluding carboxylic acids is 1. The van der Waals surface area contributed by atoms with Crippen LogP contribution in [0.15, 0.2) is 85.1 Å². The van der Waals surface area contributed by atoms with Crippen LogP contribution in [0.25, 0.3) is 28.1 Å². The largest absolute Gasteiger partial charge is 0.449 e. The third-order valence-corrected chi connectivity index (χ3v) is 6.06. The minimum Gasteiger partial charge on any atom is -0.449 e. The van der Waals surface area contributed by atoms with Gasteiger partial charge in [-0.05, 0) is 39.9 Å². The number of fused-ring (bicyclic) bond motifs is 4. The summed E-state index contributed by atoms with van der Waals surface area (Å²) in [6.07, 6.45) is 5.08. The van der Waals surface area contributed by atoms with Crippen LogP contribution in [0.4, 0.5) is 4.79 Å². The van der Waals surface area contributed by atoms with Crippen molar-refractivity contribution in [3.8, 4) is 11.1 Å². The average molecular weight is 441 g/mol. The number of alkyl carbamates (subject to hydrolysis) is 1. The zero-order valence-corrected chi connectivity index (χ0v) is 18.0. The van der Waals surface area contributed by atoms with Crippen molar-refractivity contribution in [1.82, 2.24) is 10.3 Å². The van der Waals surface area contributed by atoms with Gasteiger partial charge in [0.25, 0.3) is 0 Å². The fraction of sp³-hybridized carbons (Fsp3) is 0.111. The van der Waals surface area contributed by atoms with E-state index in [1.165, 1.54) is 22.3 Å². The van der Waals surface area contributed by atoms with Crippen LogP contribution in [0.3, 0.4) is 0 Å². The summed E-state index contributed by atoms with van der Waals surface area (Å²) in [5, 5.41) is 4.39. The van der Waals surface area contributed by atoms with Crippen LogP contribution in [0, 0.1) is 0 Å². The topological polar surface area (TPSA) is 51.2 Å². The van der Waals surface area contributed by atoms with Gasteiger partial charge < -0.3 is 10.1 Å². The average Bonchev–Trinajstić information content (AvgIpc) is 3.14. The van der Waals surface area contributed by atoms with Crippen LogP contribution in [0.2, 0.25) is 5.02 Å². The van der Waals surface area contributed by atoms with E-state index in [2.05, 4.69) is 34.6 Å². The van der Waals surface area contributed by atoms with Gasteiger partial charge in [0.15, 0.2) is 0 Å². The molecule has 1 aliphatic rings. The third-order valence-electron chi connectivity index (χ3n) is 5.73. The number of nitrogens with zero attached hydrogens (tertiary/aromatic N) is 1. The predicted octanol–water partition coefficient (Wildman–Crippen LogP) is 6.44. The van der Waals surface area contributed by atoms with Gasteiger partial charge in [-0.15, -0.1) is 0 Å². The maximum absolute atomic E-state index is 12.3. The lowest BCUT2D eigenvalue weighted by Gasteiger charge is -2.14. The summed E-state index contributed by atoms with van der Waals surface area (Å²) in [6.45, 7) is 0.679. The SMILES string of the molecule is O=C(NCC=Cc1ccc2c(Cl)ccnc2c1)OCC1c2ccccc2-c2ccccc21. The fourth-order valence-electron chi connectivity index (χ4n) is 4.22. The Bertz CT molecular complexity index is 1290. The highest BCUT2D eigenvalue weighted by molar-refractivity contribution is 6.35. The van der Waals surface area contributed by atoms with Gasteiger partial charge in [-0.2, -0.15) is 0 Å². The van der Waals surface area contributed by atoms with E-state index in [4.69, 9.17) is 16.3 Å². The first kappa shape index (κ1) is 20.3. The van der Waals surface area contributed by atoms with E-state index in [9.17, 15) is 4.79 Å². The van der Waals surface area contributed by atoms with Crippen molar-refractivity contribution in [3.63, 3.8) is 0 Å². The number of rotatable bonds is 5. The first-order chi connectivity index (χ1) is 15.7. The Hall–Kier alpha value is -3.63. The number of pyridine rings is 1. The highest BCUT2D eigenvalue weighted by Crippen LogP contribution is 2.44. The van der Waals surface area contributed by atoms with Gasteiger partial charge >= 0.3 is 6.09 Å². The van der Waals surface area contributed by atoms with Crippen molar-refractivity contribution >= 4 is 34.7 Å². The number of benzene rings is 3. The monoisotopic (exact) mass is 440 g/mol. The molecule has 5 rings (SSSR count). The summed E-state index contributed by atoms with van der Waals surface area (Å²) in [5.74, 6) is 0.0561. The van der Waals surface area contributed by atoms with Gasteiger partial charge in [-0.1, -0.05) is 84.4 Å². The van der Waals surface area contributed by atoms with Crippen LogP contribution in [-0.4, -0.2) is 24.2 Å².